The number of ether oxygens (including phenoxy) is 1. The summed E-state index contributed by atoms with van der Waals surface area (Å²) in [4.78, 5) is 23.7. The van der Waals surface area contributed by atoms with E-state index in [0.717, 1.165) is 17.8 Å². The molecule has 4 aliphatic carbocycles. The van der Waals surface area contributed by atoms with Crippen LogP contribution in [0.1, 0.15) is 48.9 Å². The molecule has 0 saturated heterocycles. The van der Waals surface area contributed by atoms with Crippen LogP contribution in [-0.2, 0) is 4.74 Å². The molecule has 4 saturated carbocycles. The summed E-state index contributed by atoms with van der Waals surface area (Å²) in [6, 6.07) is 4.39. The standard InChI is InChI=1S/C21H29N3O4/c1-28-5-4-22-19-3-2-17(24(26)27)9-18(19)20(25)23-13-21-10-14-6-15(11-21)8-16(7-14)12-21/h2-3,9,14-16,22H,4-8,10-13H2,1H3,(H,23,25). The third-order valence-electron chi connectivity index (χ3n) is 6.87. The van der Waals surface area contributed by atoms with Crippen molar-refractivity contribution in [3.8, 4) is 0 Å². The molecule has 1 aromatic rings. The maximum absolute atomic E-state index is 13.0. The van der Waals surface area contributed by atoms with Gasteiger partial charge in [0.25, 0.3) is 11.6 Å². The first-order chi connectivity index (χ1) is 13.5. The second-order valence-corrected chi connectivity index (χ2v) is 9.01. The number of amides is 1. The van der Waals surface area contributed by atoms with E-state index in [1.165, 1.54) is 50.7 Å². The second kappa shape index (κ2) is 7.70. The Morgan fingerprint density at radius 2 is 1.86 bits per heavy atom. The van der Waals surface area contributed by atoms with E-state index in [9.17, 15) is 14.9 Å². The first kappa shape index (κ1) is 19.2. The van der Waals surface area contributed by atoms with E-state index in [1.807, 2.05) is 0 Å². The second-order valence-electron chi connectivity index (χ2n) is 9.01. The first-order valence-electron chi connectivity index (χ1n) is 10.3. The molecule has 0 aliphatic heterocycles. The number of rotatable bonds is 8. The van der Waals surface area contributed by atoms with Crippen molar-refractivity contribution in [1.29, 1.82) is 0 Å². The molecule has 7 nitrogen and oxygen atoms in total. The number of hydrogen-bond acceptors (Lipinski definition) is 5. The SMILES string of the molecule is COCCNc1ccc([N+](=O)[O-])cc1C(=O)NCC12CC3CC(CC(C3)C1)C2. The summed E-state index contributed by atoms with van der Waals surface area (Å²) in [7, 11) is 1.61. The van der Waals surface area contributed by atoms with Crippen LogP contribution >= 0.6 is 0 Å². The molecular formula is C21H29N3O4. The van der Waals surface area contributed by atoms with Crippen molar-refractivity contribution in [2.75, 3.05) is 32.1 Å². The van der Waals surface area contributed by atoms with Crippen molar-refractivity contribution in [2.24, 2.45) is 23.2 Å². The third-order valence-corrected chi connectivity index (χ3v) is 6.87. The highest BCUT2D eigenvalue weighted by molar-refractivity contribution is 6.00. The van der Waals surface area contributed by atoms with Crippen molar-refractivity contribution in [3.63, 3.8) is 0 Å². The van der Waals surface area contributed by atoms with Gasteiger partial charge in [-0.05, 0) is 67.8 Å². The molecule has 152 valence electrons. The fraction of sp³-hybridized carbons (Fsp3) is 0.667. The monoisotopic (exact) mass is 387 g/mol. The van der Waals surface area contributed by atoms with Gasteiger partial charge in [0, 0.05) is 38.0 Å². The molecule has 2 N–H and O–H groups in total. The molecular weight excluding hydrogens is 358 g/mol. The van der Waals surface area contributed by atoms with Crippen molar-refractivity contribution in [1.82, 2.24) is 5.32 Å². The Kier molecular flexibility index (Phi) is 5.27. The highest BCUT2D eigenvalue weighted by atomic mass is 16.6. The molecule has 7 heteroatoms. The molecule has 4 bridgehead atoms. The Labute approximate surface area is 165 Å². The van der Waals surface area contributed by atoms with Crippen LogP contribution in [0.4, 0.5) is 11.4 Å². The number of hydrogen-bond donors (Lipinski definition) is 2. The zero-order valence-electron chi connectivity index (χ0n) is 16.4. The van der Waals surface area contributed by atoms with Crippen molar-refractivity contribution in [2.45, 2.75) is 38.5 Å². The summed E-state index contributed by atoms with van der Waals surface area (Å²) >= 11 is 0. The Balaban J connectivity index is 1.47. The number of nitro benzene ring substituents is 1. The quantitative estimate of drug-likeness (QED) is 0.404. The van der Waals surface area contributed by atoms with Gasteiger partial charge in [-0.3, -0.25) is 14.9 Å². The minimum atomic E-state index is -0.463. The average Bonchev–Trinajstić information content (AvgIpc) is 2.65. The number of carbonyl (C=O) groups is 1. The molecule has 0 atom stereocenters. The normalized spacial score (nSPS) is 30.2. The van der Waals surface area contributed by atoms with Gasteiger partial charge in [0.15, 0.2) is 0 Å². The third kappa shape index (κ3) is 3.85. The van der Waals surface area contributed by atoms with Gasteiger partial charge < -0.3 is 15.4 Å². The molecule has 0 aromatic heterocycles. The summed E-state index contributed by atoms with van der Waals surface area (Å²) in [6.07, 6.45) is 7.75. The van der Waals surface area contributed by atoms with Crippen LogP contribution in [0.25, 0.3) is 0 Å². The topological polar surface area (TPSA) is 93.5 Å². The number of nitrogens with zero attached hydrogens (tertiary/aromatic N) is 1. The van der Waals surface area contributed by atoms with E-state index in [0.29, 0.717) is 30.9 Å². The molecule has 1 aromatic carbocycles. The zero-order chi connectivity index (χ0) is 19.7. The predicted octanol–water partition coefficient (Wildman–Crippen LogP) is 3.60. The molecule has 1 amide bonds. The van der Waals surface area contributed by atoms with Gasteiger partial charge in [-0.25, -0.2) is 0 Å². The number of benzene rings is 1. The number of non-ortho nitro benzene ring substituents is 1. The maximum atomic E-state index is 13.0. The van der Waals surface area contributed by atoms with Gasteiger partial charge in [0.1, 0.15) is 0 Å². The van der Waals surface area contributed by atoms with Gasteiger partial charge in [-0.15, -0.1) is 0 Å². The van der Waals surface area contributed by atoms with E-state index in [1.54, 1.807) is 13.2 Å². The highest BCUT2D eigenvalue weighted by Crippen LogP contribution is 2.59. The fourth-order valence-corrected chi connectivity index (χ4v) is 6.15. The summed E-state index contributed by atoms with van der Waals surface area (Å²) in [5.74, 6) is 2.24. The predicted molar refractivity (Wildman–Crippen MR) is 106 cm³/mol. The summed E-state index contributed by atoms with van der Waals surface area (Å²) in [5.41, 5.74) is 1.09. The molecule has 28 heavy (non-hydrogen) atoms. The molecule has 0 radical (unpaired) electrons. The van der Waals surface area contributed by atoms with Gasteiger partial charge >= 0.3 is 0 Å². The molecule has 0 heterocycles. The zero-order valence-corrected chi connectivity index (χ0v) is 16.4. The lowest BCUT2D eigenvalue weighted by molar-refractivity contribution is -0.384. The van der Waals surface area contributed by atoms with Crippen LogP contribution in [0.3, 0.4) is 0 Å². The lowest BCUT2D eigenvalue weighted by Crippen LogP contribution is -2.51. The Morgan fingerprint density at radius 1 is 1.21 bits per heavy atom. The van der Waals surface area contributed by atoms with Crippen LogP contribution in [-0.4, -0.2) is 37.6 Å². The largest absolute Gasteiger partial charge is 0.383 e. The van der Waals surface area contributed by atoms with Crippen molar-refractivity contribution in [3.05, 3.63) is 33.9 Å². The Hall–Kier alpha value is -2.15. The Bertz CT molecular complexity index is 729. The number of anilines is 1. The maximum Gasteiger partial charge on any atom is 0.270 e. The van der Waals surface area contributed by atoms with E-state index >= 15 is 0 Å². The average molecular weight is 387 g/mol. The highest BCUT2D eigenvalue weighted by Gasteiger charge is 2.50. The van der Waals surface area contributed by atoms with Crippen molar-refractivity contribution < 1.29 is 14.5 Å². The van der Waals surface area contributed by atoms with Crippen LogP contribution in [0.5, 0.6) is 0 Å². The minimum absolute atomic E-state index is 0.0720. The molecule has 0 unspecified atom stereocenters. The number of nitrogens with one attached hydrogen (secondary N) is 2. The lowest BCUT2D eigenvalue weighted by Gasteiger charge is -2.56. The first-order valence-corrected chi connectivity index (χ1v) is 10.3. The molecule has 5 rings (SSSR count). The van der Waals surface area contributed by atoms with Crippen molar-refractivity contribution >= 4 is 17.3 Å². The van der Waals surface area contributed by atoms with E-state index in [-0.39, 0.29) is 17.0 Å². The number of nitro groups is 1. The number of methoxy groups -OCH3 is 1. The lowest BCUT2D eigenvalue weighted by atomic mass is 9.49. The van der Waals surface area contributed by atoms with Crippen LogP contribution in [0.15, 0.2) is 18.2 Å². The van der Waals surface area contributed by atoms with E-state index in [4.69, 9.17) is 4.74 Å². The summed E-state index contributed by atoms with van der Waals surface area (Å²) in [5, 5.41) is 17.4. The van der Waals surface area contributed by atoms with Crippen LogP contribution < -0.4 is 10.6 Å². The van der Waals surface area contributed by atoms with Gasteiger partial charge in [0.2, 0.25) is 0 Å². The van der Waals surface area contributed by atoms with Gasteiger partial charge in [-0.1, -0.05) is 0 Å². The van der Waals surface area contributed by atoms with Crippen LogP contribution in [0, 0.1) is 33.3 Å². The summed E-state index contributed by atoms with van der Waals surface area (Å²) in [6.45, 7) is 1.70. The van der Waals surface area contributed by atoms with E-state index < -0.39 is 4.92 Å². The Morgan fingerprint density at radius 3 is 2.43 bits per heavy atom. The molecule has 4 fully saturated rings. The smallest absolute Gasteiger partial charge is 0.270 e. The van der Waals surface area contributed by atoms with Gasteiger partial charge in [-0.2, -0.15) is 0 Å². The minimum Gasteiger partial charge on any atom is -0.383 e. The fourth-order valence-electron chi connectivity index (χ4n) is 6.15. The van der Waals surface area contributed by atoms with E-state index in [2.05, 4.69) is 10.6 Å². The number of carbonyl (C=O) groups excluding carboxylic acids is 1. The summed E-state index contributed by atoms with van der Waals surface area (Å²) < 4.78 is 5.04. The van der Waals surface area contributed by atoms with Gasteiger partial charge in [0.05, 0.1) is 17.1 Å². The van der Waals surface area contributed by atoms with Crippen LogP contribution in [0.2, 0.25) is 0 Å². The molecule has 4 aliphatic rings. The molecule has 0 spiro atoms.